The molecule has 0 aliphatic carbocycles. The zero-order chi connectivity index (χ0) is 20.5. The van der Waals surface area contributed by atoms with Gasteiger partial charge in [0, 0.05) is 0 Å². The van der Waals surface area contributed by atoms with Crippen molar-refractivity contribution in [3.05, 3.63) is 67.7 Å². The molecule has 0 fully saturated rings. The Labute approximate surface area is 182 Å². The first kappa shape index (κ1) is 20.7. The summed E-state index contributed by atoms with van der Waals surface area (Å²) in [5, 5.41) is 1.82. The monoisotopic (exact) mass is 522 g/mol. The molecule has 4 aromatic rings. The predicted molar refractivity (Wildman–Crippen MR) is 123 cm³/mol. The van der Waals surface area contributed by atoms with Crippen LogP contribution in [0.2, 0.25) is 0 Å². The molecular weight excluding hydrogens is 494 g/mol. The van der Waals surface area contributed by atoms with Gasteiger partial charge < -0.3 is 0 Å². The van der Waals surface area contributed by atoms with Gasteiger partial charge in [0.05, 0.1) is 0 Å². The Morgan fingerprint density at radius 3 is 2.10 bits per heavy atom. The quantitative estimate of drug-likeness (QED) is 0.276. The van der Waals surface area contributed by atoms with Crippen molar-refractivity contribution in [2.45, 2.75) is 59.5 Å². The van der Waals surface area contributed by atoms with Gasteiger partial charge in [-0.25, -0.2) is 0 Å². The molecule has 0 aliphatic heterocycles. The summed E-state index contributed by atoms with van der Waals surface area (Å²) >= 11 is 0.253. The van der Waals surface area contributed by atoms with E-state index in [4.69, 9.17) is 0 Å². The van der Waals surface area contributed by atoms with Gasteiger partial charge in [-0.3, -0.25) is 0 Å². The molecule has 29 heavy (non-hydrogen) atoms. The van der Waals surface area contributed by atoms with Crippen molar-refractivity contribution in [3.8, 4) is 0 Å². The van der Waals surface area contributed by atoms with Crippen LogP contribution < -0.4 is 11.1 Å². The van der Waals surface area contributed by atoms with Gasteiger partial charge in [0.25, 0.3) is 0 Å². The summed E-state index contributed by atoms with van der Waals surface area (Å²) in [5.41, 5.74) is 4.07. The van der Waals surface area contributed by atoms with Gasteiger partial charge in [-0.2, -0.15) is 0 Å². The topological polar surface area (TPSA) is 44.0 Å². The standard InChI is InChI=1S/C23H26N2O2Se2/c1-15-8-9-18-20(14-15)28-24(22(18)26)10-6-4-5-7-11-25-23(27)19-13-16(2)12-17(3)21(19)29-25/h8-9,12-14H,4-7,10-11H2,1-3H3. The zero-order valence-corrected chi connectivity index (χ0v) is 20.6. The van der Waals surface area contributed by atoms with E-state index in [0.717, 1.165) is 49.5 Å². The number of hydrogen-bond donors (Lipinski definition) is 0. The van der Waals surface area contributed by atoms with Crippen LogP contribution in [-0.2, 0) is 13.1 Å². The van der Waals surface area contributed by atoms with E-state index < -0.39 is 0 Å². The number of aromatic nitrogens is 2. The molecular formula is C23H26N2O2Se2. The third-order valence-corrected chi connectivity index (χ3v) is 10.4. The van der Waals surface area contributed by atoms with Crippen LogP contribution in [0.3, 0.4) is 0 Å². The van der Waals surface area contributed by atoms with E-state index in [0.29, 0.717) is 0 Å². The van der Waals surface area contributed by atoms with E-state index in [1.165, 1.54) is 25.2 Å². The van der Waals surface area contributed by atoms with Crippen molar-refractivity contribution >= 4 is 48.8 Å². The number of nitrogens with zero attached hydrogens (tertiary/aromatic N) is 2. The van der Waals surface area contributed by atoms with Crippen LogP contribution in [-0.4, -0.2) is 36.6 Å². The van der Waals surface area contributed by atoms with E-state index in [-0.39, 0.29) is 40.6 Å². The van der Waals surface area contributed by atoms with E-state index in [1.807, 2.05) is 21.8 Å². The summed E-state index contributed by atoms with van der Waals surface area (Å²) in [6, 6.07) is 10.4. The first-order chi connectivity index (χ1) is 13.9. The van der Waals surface area contributed by atoms with Crippen LogP contribution in [0, 0.1) is 20.8 Å². The Kier molecular flexibility index (Phi) is 6.17. The van der Waals surface area contributed by atoms with Crippen LogP contribution in [0.5, 0.6) is 0 Å². The second-order valence-electron chi connectivity index (χ2n) is 7.87. The maximum absolute atomic E-state index is 12.7. The van der Waals surface area contributed by atoms with Crippen molar-refractivity contribution in [2.75, 3.05) is 0 Å². The molecule has 0 bridgehead atoms. The number of fused-ring (bicyclic) bond motifs is 2. The van der Waals surface area contributed by atoms with Crippen molar-refractivity contribution in [2.24, 2.45) is 0 Å². The normalized spacial score (nSPS) is 11.7. The molecule has 2 aromatic heterocycles. The van der Waals surface area contributed by atoms with Crippen molar-refractivity contribution in [3.63, 3.8) is 0 Å². The fourth-order valence-electron chi connectivity index (χ4n) is 3.86. The molecule has 0 saturated carbocycles. The Hall–Kier alpha value is -1.58. The van der Waals surface area contributed by atoms with Gasteiger partial charge in [0.15, 0.2) is 0 Å². The molecule has 2 aromatic carbocycles. The van der Waals surface area contributed by atoms with Gasteiger partial charge in [-0.05, 0) is 0 Å². The van der Waals surface area contributed by atoms with Crippen molar-refractivity contribution in [1.29, 1.82) is 0 Å². The third kappa shape index (κ3) is 4.32. The summed E-state index contributed by atoms with van der Waals surface area (Å²) in [6.07, 6.45) is 4.29. The number of unbranched alkanes of at least 4 members (excludes halogenated alkanes) is 3. The van der Waals surface area contributed by atoms with Gasteiger partial charge in [0.1, 0.15) is 0 Å². The Morgan fingerprint density at radius 2 is 1.38 bits per heavy atom. The second-order valence-corrected chi connectivity index (χ2v) is 12.3. The van der Waals surface area contributed by atoms with E-state index in [1.54, 1.807) is 0 Å². The van der Waals surface area contributed by atoms with Crippen LogP contribution in [0.25, 0.3) is 19.3 Å². The molecule has 152 valence electrons. The van der Waals surface area contributed by atoms with Gasteiger partial charge in [-0.15, -0.1) is 0 Å². The predicted octanol–water partition coefficient (Wildman–Crippen LogP) is 3.62. The first-order valence-electron chi connectivity index (χ1n) is 10.2. The number of rotatable bonds is 7. The number of hydrogen-bond acceptors (Lipinski definition) is 2. The molecule has 2 heterocycles. The summed E-state index contributed by atoms with van der Waals surface area (Å²) in [6.45, 7) is 7.95. The Bertz CT molecular complexity index is 1290. The molecule has 0 unspecified atom stereocenters. The van der Waals surface area contributed by atoms with E-state index in [9.17, 15) is 9.59 Å². The molecule has 4 nitrogen and oxygen atoms in total. The van der Waals surface area contributed by atoms with Crippen LogP contribution in [0.4, 0.5) is 0 Å². The number of aryl methyl sites for hydroxylation is 5. The zero-order valence-electron chi connectivity index (χ0n) is 17.2. The van der Waals surface area contributed by atoms with Gasteiger partial charge in [-0.1, -0.05) is 0 Å². The maximum atomic E-state index is 12.7. The van der Waals surface area contributed by atoms with Crippen LogP contribution >= 0.6 is 0 Å². The fraction of sp³-hybridized carbons (Fsp3) is 0.391. The molecule has 0 aliphatic rings. The summed E-state index contributed by atoms with van der Waals surface area (Å²) < 4.78 is 6.57. The Morgan fingerprint density at radius 1 is 0.724 bits per heavy atom. The van der Waals surface area contributed by atoms with Crippen molar-refractivity contribution < 1.29 is 0 Å². The SMILES string of the molecule is Cc1ccc2c(=O)n(CCCCCCn3[se]c4c(C)cc(C)cc4c3=O)[se]c2c1. The molecule has 0 spiro atoms. The molecule has 0 N–H and O–H groups in total. The van der Waals surface area contributed by atoms with Gasteiger partial charge >= 0.3 is 183 Å². The fourth-order valence-corrected chi connectivity index (χ4v) is 8.47. The second kappa shape index (κ2) is 8.65. The van der Waals surface area contributed by atoms with Crippen molar-refractivity contribution in [1.82, 2.24) is 7.12 Å². The molecule has 0 atom stereocenters. The van der Waals surface area contributed by atoms with E-state index in [2.05, 4.69) is 36.5 Å². The molecule has 0 radical (unpaired) electrons. The molecule has 0 saturated heterocycles. The minimum atomic E-state index is 0.124. The summed E-state index contributed by atoms with van der Waals surface area (Å²) in [5.74, 6) is 0. The summed E-state index contributed by atoms with van der Waals surface area (Å²) in [7, 11) is 0. The Balaban J connectivity index is 1.31. The van der Waals surface area contributed by atoms with Crippen LogP contribution in [0.1, 0.15) is 42.4 Å². The average molecular weight is 520 g/mol. The third-order valence-electron chi connectivity index (χ3n) is 5.35. The molecule has 0 amide bonds. The molecule has 4 rings (SSSR count). The number of benzene rings is 2. The van der Waals surface area contributed by atoms with Gasteiger partial charge in [0.2, 0.25) is 0 Å². The first-order valence-corrected chi connectivity index (χ1v) is 13.4. The van der Waals surface area contributed by atoms with E-state index >= 15 is 0 Å². The summed E-state index contributed by atoms with van der Waals surface area (Å²) in [4.78, 5) is 25.2. The van der Waals surface area contributed by atoms with Crippen LogP contribution in [0.15, 0.2) is 39.9 Å². The average Bonchev–Trinajstić information content (AvgIpc) is 3.15. The molecule has 6 heteroatoms. The minimum absolute atomic E-state index is 0.124.